The summed E-state index contributed by atoms with van der Waals surface area (Å²) in [6.07, 6.45) is -0.270. The first kappa shape index (κ1) is 28.9. The summed E-state index contributed by atoms with van der Waals surface area (Å²) in [6.45, 7) is 6.10. The molecule has 3 rings (SSSR count). The quantitative estimate of drug-likeness (QED) is 0.482. The number of aryl methyl sites for hydroxylation is 1. The van der Waals surface area contributed by atoms with Crippen molar-refractivity contribution in [2.75, 3.05) is 34.2 Å². The Hall–Kier alpha value is -2.68. The van der Waals surface area contributed by atoms with E-state index in [-0.39, 0.29) is 43.7 Å². The van der Waals surface area contributed by atoms with Gasteiger partial charge < -0.3 is 15.5 Å². The number of benzene rings is 1. The summed E-state index contributed by atoms with van der Waals surface area (Å²) in [7, 11) is 5.40. The highest BCUT2D eigenvalue weighted by molar-refractivity contribution is 5.94. The van der Waals surface area contributed by atoms with Crippen LogP contribution in [0.15, 0.2) is 35.3 Å². The summed E-state index contributed by atoms with van der Waals surface area (Å²) in [6, 6.07) is 5.44. The maximum absolute atomic E-state index is 14.2. The van der Waals surface area contributed by atoms with Crippen molar-refractivity contribution < 1.29 is 22.8 Å². The van der Waals surface area contributed by atoms with E-state index in [9.17, 15) is 22.8 Å². The zero-order chi connectivity index (χ0) is 27.6. The summed E-state index contributed by atoms with van der Waals surface area (Å²) >= 11 is 0. The molecule has 1 saturated carbocycles. The molecule has 1 aliphatic carbocycles. The standard InChI is InChI=1S/C28H39F3N4O2/c1-18-13-21(25(37)32-4)8-7-20(18)14-22(35(5)6)16-33-24(36)15-23(27(11-12-27)28(29,30)31)26(3)10-9-19(2)34-17-26/h7-10,13,22-23H,11-12,14-17H2,1-6H3,(H,32,37)(H,33,36)/t22-,23-,26?/m0/s1. The summed E-state index contributed by atoms with van der Waals surface area (Å²) in [5.41, 5.74) is 0.689. The number of rotatable bonds is 10. The first-order valence-corrected chi connectivity index (χ1v) is 12.7. The topological polar surface area (TPSA) is 73.8 Å². The molecule has 204 valence electrons. The largest absolute Gasteiger partial charge is 0.394 e. The van der Waals surface area contributed by atoms with Crippen LogP contribution in [-0.4, -0.2) is 68.9 Å². The van der Waals surface area contributed by atoms with E-state index in [1.54, 1.807) is 26.1 Å². The maximum atomic E-state index is 14.2. The van der Waals surface area contributed by atoms with Gasteiger partial charge in [0, 0.05) is 49.3 Å². The molecule has 1 aromatic carbocycles. The van der Waals surface area contributed by atoms with Crippen LogP contribution in [0.2, 0.25) is 0 Å². The molecule has 0 saturated heterocycles. The average Bonchev–Trinajstić information content (AvgIpc) is 3.64. The fourth-order valence-corrected chi connectivity index (χ4v) is 5.35. The van der Waals surface area contributed by atoms with Crippen LogP contribution in [0.4, 0.5) is 13.2 Å². The van der Waals surface area contributed by atoms with Crippen molar-refractivity contribution in [1.82, 2.24) is 15.5 Å². The lowest BCUT2D eigenvalue weighted by Gasteiger charge is -2.41. The number of halogens is 3. The van der Waals surface area contributed by atoms with Gasteiger partial charge in [0.1, 0.15) is 0 Å². The van der Waals surface area contributed by atoms with Crippen molar-refractivity contribution in [2.45, 2.75) is 58.7 Å². The lowest BCUT2D eigenvalue weighted by atomic mass is 9.65. The molecular weight excluding hydrogens is 481 g/mol. The third-order valence-corrected chi connectivity index (χ3v) is 8.13. The van der Waals surface area contributed by atoms with E-state index in [0.29, 0.717) is 18.5 Å². The molecule has 0 bridgehead atoms. The lowest BCUT2D eigenvalue weighted by molar-refractivity contribution is -0.212. The monoisotopic (exact) mass is 520 g/mol. The Labute approximate surface area is 217 Å². The molecule has 1 fully saturated rings. The van der Waals surface area contributed by atoms with Gasteiger partial charge in [-0.25, -0.2) is 0 Å². The highest BCUT2D eigenvalue weighted by atomic mass is 19.4. The van der Waals surface area contributed by atoms with Crippen LogP contribution in [0.1, 0.15) is 54.6 Å². The fourth-order valence-electron chi connectivity index (χ4n) is 5.35. The summed E-state index contributed by atoms with van der Waals surface area (Å²) in [5.74, 6) is -1.42. The van der Waals surface area contributed by atoms with Gasteiger partial charge in [-0.15, -0.1) is 0 Å². The molecule has 3 atom stereocenters. The molecule has 1 aliphatic heterocycles. The van der Waals surface area contributed by atoms with E-state index in [1.165, 1.54) is 0 Å². The van der Waals surface area contributed by atoms with Gasteiger partial charge in [0.15, 0.2) is 0 Å². The molecule has 9 heteroatoms. The second-order valence-corrected chi connectivity index (χ2v) is 11.1. The summed E-state index contributed by atoms with van der Waals surface area (Å²) in [4.78, 5) is 31.4. The third-order valence-electron chi connectivity index (χ3n) is 8.13. The van der Waals surface area contributed by atoms with Gasteiger partial charge in [-0.2, -0.15) is 13.2 Å². The number of hydrogen-bond donors (Lipinski definition) is 2. The van der Waals surface area contributed by atoms with Gasteiger partial charge in [0.2, 0.25) is 5.91 Å². The van der Waals surface area contributed by atoms with Gasteiger partial charge in [-0.3, -0.25) is 14.6 Å². The van der Waals surface area contributed by atoms with Crippen LogP contribution < -0.4 is 10.6 Å². The molecule has 0 radical (unpaired) electrons. The van der Waals surface area contributed by atoms with E-state index in [4.69, 9.17) is 0 Å². The third kappa shape index (κ3) is 6.43. The normalized spacial score (nSPS) is 22.3. The minimum absolute atomic E-state index is 0.0478. The number of aliphatic imine (C=N–C) groups is 1. The Kier molecular flexibility index (Phi) is 8.57. The number of nitrogens with one attached hydrogen (secondary N) is 2. The Morgan fingerprint density at radius 1 is 1.19 bits per heavy atom. The lowest BCUT2D eigenvalue weighted by Crippen LogP contribution is -2.47. The number of dihydropyridines is 1. The predicted octanol–water partition coefficient (Wildman–Crippen LogP) is 4.33. The van der Waals surface area contributed by atoms with Crippen molar-refractivity contribution in [3.05, 3.63) is 47.0 Å². The van der Waals surface area contributed by atoms with Crippen LogP contribution in [0.25, 0.3) is 0 Å². The van der Waals surface area contributed by atoms with Crippen molar-refractivity contribution in [3.63, 3.8) is 0 Å². The van der Waals surface area contributed by atoms with E-state index in [0.717, 1.165) is 16.8 Å². The molecular formula is C28H39F3N4O2. The maximum Gasteiger partial charge on any atom is 0.394 e. The molecule has 1 unspecified atom stereocenters. The highest BCUT2D eigenvalue weighted by Crippen LogP contribution is 2.67. The molecule has 37 heavy (non-hydrogen) atoms. The molecule has 2 amide bonds. The molecule has 6 nitrogen and oxygen atoms in total. The van der Waals surface area contributed by atoms with Crippen LogP contribution >= 0.6 is 0 Å². The number of likely N-dealkylation sites (N-methyl/N-ethyl adjacent to an activating group) is 1. The number of alkyl halides is 3. The minimum Gasteiger partial charge on any atom is -0.355 e. The molecule has 2 N–H and O–H groups in total. The number of amides is 2. The van der Waals surface area contributed by atoms with E-state index in [1.807, 2.05) is 51.1 Å². The van der Waals surface area contributed by atoms with Crippen LogP contribution in [0.3, 0.4) is 0 Å². The SMILES string of the molecule is CNC(=O)c1ccc(C[C@@H](CNC(=O)C[C@@H](C2(C)C=CC(C)=NC2)C2(C(F)(F)F)CC2)N(C)C)c(C)c1. The first-order valence-electron chi connectivity index (χ1n) is 12.7. The molecule has 2 aliphatic rings. The van der Waals surface area contributed by atoms with Crippen molar-refractivity contribution in [3.8, 4) is 0 Å². The number of carbonyl (C=O) groups excluding carboxylic acids is 2. The zero-order valence-corrected chi connectivity index (χ0v) is 22.6. The summed E-state index contributed by atoms with van der Waals surface area (Å²) in [5, 5.41) is 5.53. The molecule has 0 spiro atoms. The first-order chi connectivity index (χ1) is 17.2. The Bertz CT molecular complexity index is 1080. The van der Waals surface area contributed by atoms with Crippen molar-refractivity contribution >= 4 is 17.5 Å². The van der Waals surface area contributed by atoms with Gasteiger partial charge in [-0.1, -0.05) is 19.1 Å². The Morgan fingerprint density at radius 2 is 1.86 bits per heavy atom. The van der Waals surface area contributed by atoms with Crippen molar-refractivity contribution in [2.24, 2.45) is 21.7 Å². The molecule has 0 aromatic heterocycles. The van der Waals surface area contributed by atoms with Crippen LogP contribution in [0.5, 0.6) is 0 Å². The van der Waals surface area contributed by atoms with Crippen molar-refractivity contribution in [1.29, 1.82) is 0 Å². The number of nitrogens with zero attached hydrogens (tertiary/aromatic N) is 2. The fraction of sp³-hybridized carbons (Fsp3) is 0.607. The van der Waals surface area contributed by atoms with E-state index in [2.05, 4.69) is 15.6 Å². The summed E-state index contributed by atoms with van der Waals surface area (Å²) < 4.78 is 42.5. The van der Waals surface area contributed by atoms with E-state index >= 15 is 0 Å². The predicted molar refractivity (Wildman–Crippen MR) is 140 cm³/mol. The number of carbonyl (C=O) groups is 2. The number of hydrogen-bond acceptors (Lipinski definition) is 4. The highest BCUT2D eigenvalue weighted by Gasteiger charge is 2.69. The minimum atomic E-state index is -4.37. The molecule has 1 heterocycles. The van der Waals surface area contributed by atoms with Gasteiger partial charge in [-0.05, 0) is 82.5 Å². The van der Waals surface area contributed by atoms with Gasteiger partial charge >= 0.3 is 6.18 Å². The van der Waals surface area contributed by atoms with Gasteiger partial charge in [0.25, 0.3) is 5.91 Å². The smallest absolute Gasteiger partial charge is 0.355 e. The van der Waals surface area contributed by atoms with Crippen LogP contribution in [0, 0.1) is 23.7 Å². The van der Waals surface area contributed by atoms with E-state index < -0.39 is 22.9 Å². The Balaban J connectivity index is 1.71. The average molecular weight is 521 g/mol. The zero-order valence-electron chi connectivity index (χ0n) is 22.6. The second-order valence-electron chi connectivity index (χ2n) is 11.1. The number of allylic oxidation sites excluding steroid dienone is 1. The Morgan fingerprint density at radius 3 is 2.35 bits per heavy atom. The molecule has 1 aromatic rings. The van der Waals surface area contributed by atoms with Gasteiger partial charge in [0.05, 0.1) is 5.41 Å². The second kappa shape index (κ2) is 11.0. The van der Waals surface area contributed by atoms with Crippen LogP contribution in [-0.2, 0) is 11.2 Å².